The number of alkyl halides is 3. The molecule has 104 valence electrons. The van der Waals surface area contributed by atoms with Gasteiger partial charge in [-0.1, -0.05) is 66.7 Å². The van der Waals surface area contributed by atoms with Crippen LogP contribution in [0.2, 0.25) is 0 Å². The number of benzene rings is 2. The maximum Gasteiger partial charge on any atom is 0.425 e. The highest BCUT2D eigenvalue weighted by Gasteiger charge is 2.53. The molecule has 1 unspecified atom stereocenters. The molecule has 0 saturated heterocycles. The van der Waals surface area contributed by atoms with Crippen molar-refractivity contribution >= 4 is 6.08 Å². The Morgan fingerprint density at radius 1 is 0.800 bits per heavy atom. The van der Waals surface area contributed by atoms with Crippen molar-refractivity contribution in [1.82, 2.24) is 0 Å². The van der Waals surface area contributed by atoms with Crippen molar-refractivity contribution in [3.8, 4) is 0 Å². The summed E-state index contributed by atoms with van der Waals surface area (Å²) in [6.07, 6.45) is -2.75. The molecule has 0 saturated carbocycles. The predicted molar refractivity (Wildman–Crippen MR) is 71.9 cm³/mol. The van der Waals surface area contributed by atoms with Crippen LogP contribution in [0.25, 0.3) is 6.08 Å². The molecular weight excluding hydrogens is 265 g/mol. The highest BCUT2D eigenvalue weighted by atomic mass is 19.4. The molecule has 2 aromatic rings. The van der Waals surface area contributed by atoms with Crippen LogP contribution in [0.15, 0.2) is 66.7 Å². The van der Waals surface area contributed by atoms with Crippen LogP contribution in [0.4, 0.5) is 13.2 Å². The Morgan fingerprint density at radius 2 is 1.30 bits per heavy atom. The van der Waals surface area contributed by atoms with E-state index >= 15 is 0 Å². The third-order valence-corrected chi connectivity index (χ3v) is 2.96. The number of rotatable bonds is 3. The van der Waals surface area contributed by atoms with E-state index in [4.69, 9.17) is 0 Å². The van der Waals surface area contributed by atoms with Crippen LogP contribution < -0.4 is 0 Å². The minimum atomic E-state index is -4.79. The fourth-order valence-corrected chi connectivity index (χ4v) is 1.83. The molecule has 2 aromatic carbocycles. The first-order valence-corrected chi connectivity index (χ1v) is 6.02. The number of halogens is 3. The van der Waals surface area contributed by atoms with Gasteiger partial charge < -0.3 is 5.11 Å². The van der Waals surface area contributed by atoms with Gasteiger partial charge in [0.2, 0.25) is 5.60 Å². The number of aliphatic hydroxyl groups is 1. The van der Waals surface area contributed by atoms with Gasteiger partial charge in [-0.15, -0.1) is 0 Å². The molecule has 1 N–H and O–H groups in total. The zero-order chi connectivity index (χ0) is 14.6. The van der Waals surface area contributed by atoms with Gasteiger partial charge in [-0.05, 0) is 17.2 Å². The number of hydrogen-bond donors (Lipinski definition) is 1. The first-order valence-electron chi connectivity index (χ1n) is 6.02. The Labute approximate surface area is 115 Å². The summed E-state index contributed by atoms with van der Waals surface area (Å²) in [5, 5.41) is 10.1. The molecule has 0 aliphatic heterocycles. The Hall–Kier alpha value is -2.07. The minimum absolute atomic E-state index is 0.209. The van der Waals surface area contributed by atoms with Crippen molar-refractivity contribution in [1.29, 1.82) is 0 Å². The van der Waals surface area contributed by atoms with E-state index in [0.29, 0.717) is 5.56 Å². The lowest BCUT2D eigenvalue weighted by molar-refractivity contribution is -0.244. The third kappa shape index (κ3) is 2.91. The minimum Gasteiger partial charge on any atom is -0.373 e. The van der Waals surface area contributed by atoms with Crippen LogP contribution in [0, 0.1) is 0 Å². The summed E-state index contributed by atoms with van der Waals surface area (Å²) in [5.74, 6) is 0. The van der Waals surface area contributed by atoms with Crippen molar-refractivity contribution in [3.63, 3.8) is 0 Å². The van der Waals surface area contributed by atoms with Gasteiger partial charge in [0.1, 0.15) is 0 Å². The highest BCUT2D eigenvalue weighted by molar-refractivity contribution is 5.52. The lowest BCUT2D eigenvalue weighted by atomic mass is 9.92. The normalized spacial score (nSPS) is 15.2. The van der Waals surface area contributed by atoms with E-state index in [2.05, 4.69) is 0 Å². The molecule has 0 aromatic heterocycles. The van der Waals surface area contributed by atoms with E-state index in [-0.39, 0.29) is 5.56 Å². The quantitative estimate of drug-likeness (QED) is 0.894. The average Bonchev–Trinajstić information content (AvgIpc) is 2.45. The SMILES string of the molecule is OC(C=Cc1ccccc1)(c1ccccc1)C(F)(F)F. The maximum atomic E-state index is 13.2. The van der Waals surface area contributed by atoms with E-state index < -0.39 is 11.8 Å². The zero-order valence-electron chi connectivity index (χ0n) is 10.5. The Balaban J connectivity index is 2.42. The van der Waals surface area contributed by atoms with Gasteiger partial charge in [-0.3, -0.25) is 0 Å². The lowest BCUT2D eigenvalue weighted by Gasteiger charge is -2.27. The van der Waals surface area contributed by atoms with Gasteiger partial charge in [-0.2, -0.15) is 13.2 Å². The molecule has 0 heterocycles. The molecule has 0 aliphatic rings. The molecule has 0 fully saturated rings. The first kappa shape index (κ1) is 14.3. The topological polar surface area (TPSA) is 20.2 Å². The smallest absolute Gasteiger partial charge is 0.373 e. The van der Waals surface area contributed by atoms with E-state index in [0.717, 1.165) is 6.08 Å². The van der Waals surface area contributed by atoms with E-state index in [1.165, 1.54) is 30.3 Å². The molecule has 20 heavy (non-hydrogen) atoms. The second-order valence-corrected chi connectivity index (χ2v) is 4.37. The maximum absolute atomic E-state index is 13.2. The monoisotopic (exact) mass is 278 g/mol. The molecule has 1 nitrogen and oxygen atoms in total. The van der Waals surface area contributed by atoms with Crippen molar-refractivity contribution < 1.29 is 18.3 Å². The van der Waals surface area contributed by atoms with E-state index in [1.54, 1.807) is 36.4 Å². The second-order valence-electron chi connectivity index (χ2n) is 4.37. The van der Waals surface area contributed by atoms with Crippen LogP contribution in [-0.4, -0.2) is 11.3 Å². The molecule has 0 radical (unpaired) electrons. The molecule has 0 amide bonds. The van der Waals surface area contributed by atoms with Gasteiger partial charge in [0.05, 0.1) is 0 Å². The molecular formula is C16H13F3O. The summed E-state index contributed by atoms with van der Waals surface area (Å²) in [6, 6.07) is 15.6. The summed E-state index contributed by atoms with van der Waals surface area (Å²) in [5.41, 5.74) is -2.62. The largest absolute Gasteiger partial charge is 0.425 e. The highest BCUT2D eigenvalue weighted by Crippen LogP contribution is 2.40. The van der Waals surface area contributed by atoms with Crippen molar-refractivity contribution in [2.45, 2.75) is 11.8 Å². The van der Waals surface area contributed by atoms with Crippen LogP contribution in [0.1, 0.15) is 11.1 Å². The molecule has 2 rings (SSSR count). The fraction of sp³-hybridized carbons (Fsp3) is 0.125. The molecule has 0 aliphatic carbocycles. The Bertz CT molecular complexity index is 576. The van der Waals surface area contributed by atoms with Crippen LogP contribution in [-0.2, 0) is 5.60 Å². The van der Waals surface area contributed by atoms with Crippen LogP contribution >= 0.6 is 0 Å². The molecule has 0 bridgehead atoms. The van der Waals surface area contributed by atoms with Crippen molar-refractivity contribution in [2.24, 2.45) is 0 Å². The van der Waals surface area contributed by atoms with Gasteiger partial charge in [-0.25, -0.2) is 0 Å². The van der Waals surface area contributed by atoms with Crippen LogP contribution in [0.3, 0.4) is 0 Å². The summed E-state index contributed by atoms with van der Waals surface area (Å²) < 4.78 is 39.6. The van der Waals surface area contributed by atoms with E-state index in [9.17, 15) is 18.3 Å². The summed E-state index contributed by atoms with van der Waals surface area (Å²) in [4.78, 5) is 0. The third-order valence-electron chi connectivity index (χ3n) is 2.96. The van der Waals surface area contributed by atoms with Crippen LogP contribution in [0.5, 0.6) is 0 Å². The summed E-state index contributed by atoms with van der Waals surface area (Å²) >= 11 is 0. The molecule has 1 atom stereocenters. The lowest BCUT2D eigenvalue weighted by Crippen LogP contribution is -2.40. The van der Waals surface area contributed by atoms with Crippen molar-refractivity contribution in [3.05, 3.63) is 77.9 Å². The standard InChI is InChI=1S/C16H13F3O/c17-16(18,19)15(20,14-9-5-2-6-10-14)12-11-13-7-3-1-4-8-13/h1-12,20H. The summed E-state index contributed by atoms with van der Waals surface area (Å²) in [7, 11) is 0. The van der Waals surface area contributed by atoms with Gasteiger partial charge >= 0.3 is 6.18 Å². The first-order chi connectivity index (χ1) is 9.43. The average molecular weight is 278 g/mol. The summed E-state index contributed by atoms with van der Waals surface area (Å²) in [6.45, 7) is 0. The van der Waals surface area contributed by atoms with Gasteiger partial charge in [0.25, 0.3) is 0 Å². The van der Waals surface area contributed by atoms with E-state index in [1.807, 2.05) is 0 Å². The zero-order valence-corrected chi connectivity index (χ0v) is 10.5. The number of hydrogen-bond acceptors (Lipinski definition) is 1. The Kier molecular flexibility index (Phi) is 3.95. The second kappa shape index (κ2) is 5.51. The molecule has 4 heteroatoms. The van der Waals surface area contributed by atoms with Gasteiger partial charge in [0, 0.05) is 0 Å². The Morgan fingerprint density at radius 3 is 1.80 bits per heavy atom. The molecule has 0 spiro atoms. The predicted octanol–water partition coefficient (Wildman–Crippen LogP) is 4.15. The van der Waals surface area contributed by atoms with Gasteiger partial charge in [0.15, 0.2) is 0 Å². The van der Waals surface area contributed by atoms with Crippen molar-refractivity contribution in [2.75, 3.05) is 0 Å². The fourth-order valence-electron chi connectivity index (χ4n) is 1.83.